The fourth-order valence-corrected chi connectivity index (χ4v) is 1.82. The number of carbonyl (C=O) groups is 1. The zero-order valence-electron chi connectivity index (χ0n) is 9.14. The van der Waals surface area contributed by atoms with E-state index in [1.165, 1.54) is 0 Å². The minimum Gasteiger partial charge on any atom is -0.397 e. The summed E-state index contributed by atoms with van der Waals surface area (Å²) < 4.78 is 2.48. The van der Waals surface area contributed by atoms with Crippen LogP contribution in [-0.2, 0) is 0 Å². The van der Waals surface area contributed by atoms with Crippen LogP contribution in [0.1, 0.15) is 10.5 Å². The summed E-state index contributed by atoms with van der Waals surface area (Å²) in [5.41, 5.74) is 7.56. The monoisotopic (exact) mass is 294 g/mol. The third kappa shape index (κ3) is 2.31. The van der Waals surface area contributed by atoms with Crippen molar-refractivity contribution >= 4 is 27.5 Å². The normalized spacial score (nSPS) is 10.2. The van der Waals surface area contributed by atoms with Gasteiger partial charge in [-0.15, -0.1) is 0 Å². The van der Waals surface area contributed by atoms with Crippen molar-refractivity contribution in [2.75, 3.05) is 12.8 Å². The van der Waals surface area contributed by atoms with Crippen LogP contribution in [0.5, 0.6) is 0 Å². The summed E-state index contributed by atoms with van der Waals surface area (Å²) in [5.74, 6) is -0.223. The van der Waals surface area contributed by atoms with Crippen LogP contribution in [0.15, 0.2) is 34.9 Å². The first-order valence-electron chi connectivity index (χ1n) is 4.95. The van der Waals surface area contributed by atoms with E-state index in [9.17, 15) is 4.79 Å². The van der Waals surface area contributed by atoms with Crippen molar-refractivity contribution in [1.82, 2.24) is 15.1 Å². The number of rotatable bonds is 2. The van der Waals surface area contributed by atoms with Gasteiger partial charge in [0.15, 0.2) is 5.69 Å². The molecule has 6 heteroatoms. The predicted octanol–water partition coefficient (Wildman–Crippen LogP) is 1.58. The maximum atomic E-state index is 11.4. The lowest BCUT2D eigenvalue weighted by Crippen LogP contribution is -2.18. The van der Waals surface area contributed by atoms with E-state index in [4.69, 9.17) is 5.73 Å². The number of halogens is 1. The topological polar surface area (TPSA) is 72.9 Å². The summed E-state index contributed by atoms with van der Waals surface area (Å²) >= 11 is 3.33. The fourth-order valence-electron chi connectivity index (χ4n) is 1.44. The van der Waals surface area contributed by atoms with Gasteiger partial charge in [-0.3, -0.25) is 4.79 Å². The molecule has 0 atom stereocenters. The fraction of sp³-hybridized carbons (Fsp3) is 0.0909. The maximum absolute atomic E-state index is 11.4. The van der Waals surface area contributed by atoms with Gasteiger partial charge in [-0.1, -0.05) is 15.9 Å². The van der Waals surface area contributed by atoms with Crippen molar-refractivity contribution in [3.05, 3.63) is 40.6 Å². The number of aromatic nitrogens is 2. The van der Waals surface area contributed by atoms with Gasteiger partial charge in [0.25, 0.3) is 5.91 Å². The number of nitrogens with zero attached hydrogens (tertiary/aromatic N) is 2. The molecule has 0 spiro atoms. The van der Waals surface area contributed by atoms with E-state index in [0.29, 0.717) is 11.4 Å². The van der Waals surface area contributed by atoms with Crippen LogP contribution >= 0.6 is 15.9 Å². The first-order chi connectivity index (χ1) is 8.11. The largest absolute Gasteiger partial charge is 0.397 e. The SMILES string of the molecule is CNC(=O)c1ccn(-c2ccc(Br)cc2N)n1. The van der Waals surface area contributed by atoms with E-state index < -0.39 is 0 Å². The molecular formula is C11H11BrN4O. The van der Waals surface area contributed by atoms with Crippen molar-refractivity contribution < 1.29 is 4.79 Å². The van der Waals surface area contributed by atoms with Gasteiger partial charge in [-0.2, -0.15) is 5.10 Å². The summed E-state index contributed by atoms with van der Waals surface area (Å²) in [6, 6.07) is 7.13. The molecule has 0 fully saturated rings. The maximum Gasteiger partial charge on any atom is 0.271 e. The Morgan fingerprint density at radius 3 is 2.88 bits per heavy atom. The Labute approximate surface area is 107 Å². The lowest BCUT2D eigenvalue weighted by Gasteiger charge is -2.05. The number of nitrogen functional groups attached to an aromatic ring is 1. The van der Waals surface area contributed by atoms with Crippen LogP contribution in [0.4, 0.5) is 5.69 Å². The van der Waals surface area contributed by atoms with E-state index >= 15 is 0 Å². The van der Waals surface area contributed by atoms with Crippen molar-refractivity contribution in [1.29, 1.82) is 0 Å². The second-order valence-corrected chi connectivity index (χ2v) is 4.34. The summed E-state index contributed by atoms with van der Waals surface area (Å²) in [7, 11) is 1.56. The number of hydrogen-bond donors (Lipinski definition) is 2. The molecule has 1 aromatic carbocycles. The van der Waals surface area contributed by atoms with Crippen molar-refractivity contribution in [3.63, 3.8) is 0 Å². The number of nitrogens with two attached hydrogens (primary N) is 1. The molecule has 0 aliphatic rings. The highest BCUT2D eigenvalue weighted by molar-refractivity contribution is 9.10. The molecule has 0 aliphatic heterocycles. The minimum absolute atomic E-state index is 0.223. The molecule has 2 aromatic rings. The Morgan fingerprint density at radius 2 is 2.24 bits per heavy atom. The van der Waals surface area contributed by atoms with Gasteiger partial charge < -0.3 is 11.1 Å². The lowest BCUT2D eigenvalue weighted by molar-refractivity contribution is 0.0957. The summed E-state index contributed by atoms with van der Waals surface area (Å²) in [4.78, 5) is 11.4. The molecule has 5 nitrogen and oxygen atoms in total. The van der Waals surface area contributed by atoms with Crippen LogP contribution in [0.25, 0.3) is 5.69 Å². The average molecular weight is 295 g/mol. The first-order valence-corrected chi connectivity index (χ1v) is 5.74. The van der Waals surface area contributed by atoms with Crippen molar-refractivity contribution in [2.45, 2.75) is 0 Å². The second kappa shape index (κ2) is 4.58. The Balaban J connectivity index is 2.40. The predicted molar refractivity (Wildman–Crippen MR) is 69.1 cm³/mol. The van der Waals surface area contributed by atoms with Crippen LogP contribution in [0, 0.1) is 0 Å². The Morgan fingerprint density at radius 1 is 1.47 bits per heavy atom. The molecule has 0 radical (unpaired) electrons. The van der Waals surface area contributed by atoms with Crippen LogP contribution in [0.3, 0.4) is 0 Å². The Bertz CT molecular complexity index is 564. The van der Waals surface area contributed by atoms with Crippen LogP contribution in [0.2, 0.25) is 0 Å². The summed E-state index contributed by atoms with van der Waals surface area (Å²) in [6.07, 6.45) is 1.70. The molecule has 1 aromatic heterocycles. The molecule has 0 saturated carbocycles. The number of nitrogens with one attached hydrogen (secondary N) is 1. The van der Waals surface area contributed by atoms with E-state index in [2.05, 4.69) is 26.3 Å². The molecular weight excluding hydrogens is 284 g/mol. The molecule has 1 heterocycles. The highest BCUT2D eigenvalue weighted by Gasteiger charge is 2.09. The summed E-state index contributed by atoms with van der Waals surface area (Å²) in [6.45, 7) is 0. The molecule has 0 unspecified atom stereocenters. The third-order valence-electron chi connectivity index (χ3n) is 2.29. The van der Waals surface area contributed by atoms with Gasteiger partial charge in [0.1, 0.15) is 0 Å². The highest BCUT2D eigenvalue weighted by atomic mass is 79.9. The average Bonchev–Trinajstić information content (AvgIpc) is 2.77. The van der Waals surface area contributed by atoms with Gasteiger partial charge in [0, 0.05) is 17.7 Å². The van der Waals surface area contributed by atoms with Gasteiger partial charge in [0.2, 0.25) is 0 Å². The molecule has 88 valence electrons. The minimum atomic E-state index is -0.223. The van der Waals surface area contributed by atoms with E-state index in [-0.39, 0.29) is 5.91 Å². The van der Waals surface area contributed by atoms with Gasteiger partial charge >= 0.3 is 0 Å². The zero-order valence-corrected chi connectivity index (χ0v) is 10.7. The Kier molecular flexibility index (Phi) is 3.14. The smallest absolute Gasteiger partial charge is 0.271 e. The van der Waals surface area contributed by atoms with Crippen molar-refractivity contribution in [2.24, 2.45) is 0 Å². The molecule has 1 amide bonds. The van der Waals surface area contributed by atoms with Crippen LogP contribution in [-0.4, -0.2) is 22.7 Å². The molecule has 0 aliphatic carbocycles. The zero-order chi connectivity index (χ0) is 12.4. The van der Waals surface area contributed by atoms with E-state index in [0.717, 1.165) is 10.2 Å². The number of amides is 1. The molecule has 17 heavy (non-hydrogen) atoms. The molecule has 0 bridgehead atoms. The molecule has 2 rings (SSSR count). The number of anilines is 1. The number of benzene rings is 1. The highest BCUT2D eigenvalue weighted by Crippen LogP contribution is 2.21. The molecule has 3 N–H and O–H groups in total. The second-order valence-electron chi connectivity index (χ2n) is 3.43. The quantitative estimate of drug-likeness (QED) is 0.826. The van der Waals surface area contributed by atoms with E-state index in [1.807, 2.05) is 12.1 Å². The lowest BCUT2D eigenvalue weighted by atomic mass is 10.3. The van der Waals surface area contributed by atoms with Gasteiger partial charge in [-0.05, 0) is 24.3 Å². The third-order valence-corrected chi connectivity index (χ3v) is 2.78. The first kappa shape index (κ1) is 11.7. The Hall–Kier alpha value is -1.82. The number of carbonyl (C=O) groups excluding carboxylic acids is 1. The van der Waals surface area contributed by atoms with Gasteiger partial charge in [-0.25, -0.2) is 4.68 Å². The van der Waals surface area contributed by atoms with Gasteiger partial charge in [0.05, 0.1) is 11.4 Å². The standard InChI is InChI=1S/C11H11BrN4O/c1-14-11(17)9-4-5-16(15-9)10-3-2-7(12)6-8(10)13/h2-6H,13H2,1H3,(H,14,17). The van der Waals surface area contributed by atoms with E-state index in [1.54, 1.807) is 30.1 Å². The van der Waals surface area contributed by atoms with Crippen molar-refractivity contribution in [3.8, 4) is 5.69 Å². The molecule has 0 saturated heterocycles. The summed E-state index contributed by atoms with van der Waals surface area (Å²) in [5, 5.41) is 6.67. The number of hydrogen-bond acceptors (Lipinski definition) is 3. The van der Waals surface area contributed by atoms with Crippen LogP contribution < -0.4 is 11.1 Å².